The van der Waals surface area contributed by atoms with Crippen LogP contribution in [-0.2, 0) is 32.7 Å². The maximum atomic E-state index is 11.9. The minimum atomic E-state index is -4.70. The Hall–Kier alpha value is -1.13. The lowest BCUT2D eigenvalue weighted by Gasteiger charge is -2.36. The monoisotopic (exact) mass is 485 g/mol. The molecule has 12 nitrogen and oxygen atoms in total. The molecular formula is C17H27O12P2-3. The van der Waals surface area contributed by atoms with Gasteiger partial charge in [-0.2, -0.15) is 0 Å². The van der Waals surface area contributed by atoms with Crippen molar-refractivity contribution in [2.24, 2.45) is 0 Å². The van der Waals surface area contributed by atoms with Crippen LogP contribution in [-0.4, -0.2) is 72.3 Å². The van der Waals surface area contributed by atoms with Crippen molar-refractivity contribution in [2.45, 2.75) is 63.7 Å². The molecule has 1 aliphatic rings. The zero-order valence-corrected chi connectivity index (χ0v) is 19.1. The van der Waals surface area contributed by atoms with Crippen LogP contribution < -0.4 is 20.2 Å². The van der Waals surface area contributed by atoms with Gasteiger partial charge in [0.1, 0.15) is 11.8 Å². The molecule has 180 valence electrons. The molecule has 1 saturated heterocycles. The number of aliphatic hydroxyl groups is 1. The van der Waals surface area contributed by atoms with Gasteiger partial charge in [0.25, 0.3) is 7.82 Å². The maximum absolute atomic E-state index is 11.9. The van der Waals surface area contributed by atoms with E-state index in [9.17, 15) is 44.3 Å². The standard InChI is InChI=1S/C17H30O12P2/c1-11(2)29-31(25,26)27-10-12-13(9-17(24)28-12)30(6-3-14(18)19,7-4-15(20)21)8-5-16(22)23/h11-13,17,24H,3-10H2,1-2H3,(H3-,18,19,20,21,22,23,25,26)/p-3. The second-order valence-electron chi connectivity index (χ2n) is 7.58. The number of carboxylic acids is 3. The van der Waals surface area contributed by atoms with Crippen molar-refractivity contribution in [3.63, 3.8) is 0 Å². The number of hydrogen-bond acceptors (Lipinski definition) is 12. The zero-order valence-electron chi connectivity index (χ0n) is 17.3. The van der Waals surface area contributed by atoms with E-state index in [0.29, 0.717) is 0 Å². The van der Waals surface area contributed by atoms with E-state index in [0.717, 1.165) is 0 Å². The van der Waals surface area contributed by atoms with E-state index in [1.165, 1.54) is 13.8 Å². The Labute approximate surface area is 180 Å². The first-order valence-electron chi connectivity index (χ1n) is 9.69. The number of aliphatic hydroxyl groups excluding tert-OH is 1. The molecule has 0 amide bonds. The molecule has 14 heteroatoms. The lowest BCUT2D eigenvalue weighted by molar-refractivity contribution is -0.306. The third kappa shape index (κ3) is 9.91. The van der Waals surface area contributed by atoms with E-state index in [2.05, 4.69) is 0 Å². The number of hydrogen-bond donors (Lipinski definition) is 1. The Bertz CT molecular complexity index is 636. The lowest BCUT2D eigenvalue weighted by atomic mass is 10.2. The van der Waals surface area contributed by atoms with E-state index in [1.54, 1.807) is 0 Å². The van der Waals surface area contributed by atoms with Gasteiger partial charge in [-0.3, -0.25) is 4.57 Å². The number of carbonyl (C=O) groups is 3. The SMILES string of the molecule is CC(C)OP(=O)([O-])OCC1OC(O)CC1[P+](CCC(=O)[O-])(CCC(=O)[O-])CCC(=O)[O-]. The first kappa shape index (κ1) is 27.9. The van der Waals surface area contributed by atoms with Crippen molar-refractivity contribution >= 4 is 33.0 Å². The Kier molecular flexibility index (Phi) is 11.0. The Morgan fingerprint density at radius 2 is 1.52 bits per heavy atom. The second-order valence-corrected chi connectivity index (χ2v) is 13.4. The van der Waals surface area contributed by atoms with Crippen molar-refractivity contribution in [3.05, 3.63) is 0 Å². The second kappa shape index (κ2) is 12.2. The highest BCUT2D eigenvalue weighted by Crippen LogP contribution is 2.68. The van der Waals surface area contributed by atoms with Gasteiger partial charge in [-0.1, -0.05) is 0 Å². The first-order valence-corrected chi connectivity index (χ1v) is 13.6. The fourth-order valence-electron chi connectivity index (χ4n) is 3.66. The summed E-state index contributed by atoms with van der Waals surface area (Å²) in [6.07, 6.45) is -4.78. The minimum absolute atomic E-state index is 0.0663. The van der Waals surface area contributed by atoms with E-state index in [-0.39, 0.29) is 24.9 Å². The Balaban J connectivity index is 3.18. The molecule has 0 aromatic rings. The molecule has 31 heavy (non-hydrogen) atoms. The van der Waals surface area contributed by atoms with Crippen LogP contribution >= 0.6 is 15.1 Å². The average molecular weight is 485 g/mol. The third-order valence-electron chi connectivity index (χ3n) is 4.93. The van der Waals surface area contributed by atoms with Crippen LogP contribution in [0.25, 0.3) is 0 Å². The summed E-state index contributed by atoms with van der Waals surface area (Å²) in [7, 11) is -7.47. The molecular weight excluding hydrogens is 458 g/mol. The number of rotatable bonds is 15. The molecule has 1 aliphatic heterocycles. The summed E-state index contributed by atoms with van der Waals surface area (Å²) >= 11 is 0. The van der Waals surface area contributed by atoms with E-state index < -0.39 is 83.0 Å². The van der Waals surface area contributed by atoms with Gasteiger partial charge >= 0.3 is 0 Å². The number of phosphoric ester groups is 1. The summed E-state index contributed by atoms with van der Waals surface area (Å²) in [5, 5.41) is 43.3. The topological polar surface area (TPSA) is 208 Å². The van der Waals surface area contributed by atoms with Gasteiger partial charge in [0, 0.05) is 50.9 Å². The molecule has 1 heterocycles. The molecule has 0 aromatic heterocycles. The predicted octanol–water partition coefficient (Wildman–Crippen LogP) is -3.19. The molecule has 1 fully saturated rings. The van der Waals surface area contributed by atoms with Crippen LogP contribution in [0.4, 0.5) is 0 Å². The molecule has 0 aromatic carbocycles. The fraction of sp³-hybridized carbons (Fsp3) is 0.824. The van der Waals surface area contributed by atoms with Gasteiger partial charge in [0.2, 0.25) is 0 Å². The largest absolute Gasteiger partial charge is 0.756 e. The Morgan fingerprint density at radius 1 is 1.06 bits per heavy atom. The van der Waals surface area contributed by atoms with Crippen LogP contribution in [0.5, 0.6) is 0 Å². The van der Waals surface area contributed by atoms with Gasteiger partial charge in [0.05, 0.1) is 31.2 Å². The smallest absolute Gasteiger partial charge is 0.268 e. The van der Waals surface area contributed by atoms with E-state index >= 15 is 0 Å². The summed E-state index contributed by atoms with van der Waals surface area (Å²) in [6, 6.07) is 0. The van der Waals surface area contributed by atoms with E-state index in [4.69, 9.17) is 13.8 Å². The fourth-order valence-corrected chi connectivity index (χ4v) is 9.61. The maximum Gasteiger partial charge on any atom is 0.268 e. The molecule has 0 spiro atoms. The van der Waals surface area contributed by atoms with Crippen LogP contribution in [0.1, 0.15) is 39.5 Å². The van der Waals surface area contributed by atoms with Gasteiger partial charge in [-0.05, 0) is 13.8 Å². The highest BCUT2D eigenvalue weighted by Gasteiger charge is 2.53. The molecule has 0 radical (unpaired) electrons. The quantitative estimate of drug-likeness (QED) is 0.228. The predicted molar refractivity (Wildman–Crippen MR) is 99.5 cm³/mol. The summed E-state index contributed by atoms with van der Waals surface area (Å²) in [5.74, 6) is -4.23. The number of carboxylic acid groups (broad SMARTS) is 3. The van der Waals surface area contributed by atoms with Gasteiger partial charge < -0.3 is 53.5 Å². The molecule has 0 bridgehead atoms. The summed E-state index contributed by atoms with van der Waals surface area (Å²) in [4.78, 5) is 45.2. The molecule has 4 unspecified atom stereocenters. The van der Waals surface area contributed by atoms with Crippen molar-refractivity contribution in [1.82, 2.24) is 0 Å². The molecule has 1 rings (SSSR count). The molecule has 4 atom stereocenters. The summed E-state index contributed by atoms with van der Waals surface area (Å²) < 4.78 is 26.8. The van der Waals surface area contributed by atoms with Gasteiger partial charge in [0.15, 0.2) is 6.29 Å². The first-order chi connectivity index (χ1) is 14.3. The van der Waals surface area contributed by atoms with E-state index in [1.807, 2.05) is 0 Å². The number of aliphatic carboxylic acids is 3. The van der Waals surface area contributed by atoms with Gasteiger partial charge in [-0.15, -0.1) is 0 Å². The highest BCUT2D eigenvalue weighted by atomic mass is 31.2. The van der Waals surface area contributed by atoms with Crippen molar-refractivity contribution in [1.29, 1.82) is 0 Å². The molecule has 0 aliphatic carbocycles. The Morgan fingerprint density at radius 3 is 1.90 bits per heavy atom. The highest BCUT2D eigenvalue weighted by molar-refractivity contribution is 7.76. The summed E-state index contributed by atoms with van der Waals surface area (Å²) in [5.41, 5.74) is -0.709. The van der Waals surface area contributed by atoms with Crippen LogP contribution in [0.15, 0.2) is 0 Å². The minimum Gasteiger partial charge on any atom is -0.756 e. The number of carbonyl (C=O) groups excluding carboxylic acids is 3. The number of ether oxygens (including phenoxy) is 1. The molecule has 1 N–H and O–H groups in total. The van der Waals surface area contributed by atoms with Crippen molar-refractivity contribution < 1.29 is 58.1 Å². The van der Waals surface area contributed by atoms with Crippen LogP contribution in [0, 0.1) is 0 Å². The van der Waals surface area contributed by atoms with Crippen LogP contribution in [0.3, 0.4) is 0 Å². The van der Waals surface area contributed by atoms with Gasteiger partial charge in [-0.25, -0.2) is 0 Å². The zero-order chi connectivity index (χ0) is 23.8. The number of phosphoric acid groups is 1. The normalized spacial score (nSPS) is 23.6. The van der Waals surface area contributed by atoms with Crippen molar-refractivity contribution in [3.8, 4) is 0 Å². The molecule has 0 saturated carbocycles. The summed E-state index contributed by atoms with van der Waals surface area (Å²) in [6.45, 7) is 2.38. The lowest BCUT2D eigenvalue weighted by Crippen LogP contribution is -2.37. The third-order valence-corrected chi connectivity index (χ3v) is 11.4. The van der Waals surface area contributed by atoms with Crippen molar-refractivity contribution in [2.75, 3.05) is 25.1 Å². The van der Waals surface area contributed by atoms with Crippen LogP contribution in [0.2, 0.25) is 0 Å². The average Bonchev–Trinajstić information content (AvgIpc) is 2.99.